The summed E-state index contributed by atoms with van der Waals surface area (Å²) in [6, 6.07) is 5.79. The van der Waals surface area contributed by atoms with Gasteiger partial charge >= 0.3 is 0 Å². The summed E-state index contributed by atoms with van der Waals surface area (Å²) in [6.45, 7) is 0.770. The Morgan fingerprint density at radius 1 is 1.25 bits per heavy atom. The Balaban J connectivity index is 2.05. The molecule has 0 radical (unpaired) electrons. The van der Waals surface area contributed by atoms with E-state index in [1.807, 2.05) is 18.2 Å². The predicted molar refractivity (Wildman–Crippen MR) is 67.7 cm³/mol. The zero-order valence-corrected chi connectivity index (χ0v) is 9.93. The van der Waals surface area contributed by atoms with Crippen molar-refractivity contribution < 1.29 is 0 Å². The third-order valence-electron chi connectivity index (χ3n) is 2.63. The Bertz CT molecular complexity index is 464. The molecule has 16 heavy (non-hydrogen) atoms. The molecule has 2 rings (SSSR count). The predicted octanol–water partition coefficient (Wildman–Crippen LogP) is 2.89. The van der Waals surface area contributed by atoms with Crippen molar-refractivity contribution in [3.8, 4) is 0 Å². The van der Waals surface area contributed by atoms with E-state index in [0.29, 0.717) is 5.02 Å². The first kappa shape index (κ1) is 11.4. The Hall–Kier alpha value is -1.06. The van der Waals surface area contributed by atoms with Gasteiger partial charge in [0, 0.05) is 6.42 Å². The van der Waals surface area contributed by atoms with E-state index in [0.717, 1.165) is 49.1 Å². The molecular formula is C12H16ClN3. The van der Waals surface area contributed by atoms with E-state index < -0.39 is 0 Å². The van der Waals surface area contributed by atoms with Crippen molar-refractivity contribution in [1.29, 1.82) is 0 Å². The lowest BCUT2D eigenvalue weighted by molar-refractivity contribution is 0.674. The number of benzene rings is 1. The Kier molecular flexibility index (Phi) is 3.80. The molecule has 2 aromatic rings. The molecule has 0 unspecified atom stereocenters. The Morgan fingerprint density at radius 3 is 2.88 bits per heavy atom. The summed E-state index contributed by atoms with van der Waals surface area (Å²) in [5.41, 5.74) is 7.34. The quantitative estimate of drug-likeness (QED) is 0.786. The lowest BCUT2D eigenvalue weighted by Gasteiger charge is -1.95. The van der Waals surface area contributed by atoms with Gasteiger partial charge in [-0.3, -0.25) is 0 Å². The molecule has 0 atom stereocenters. The summed E-state index contributed by atoms with van der Waals surface area (Å²) in [5, 5.41) is 0.710. The molecular weight excluding hydrogens is 222 g/mol. The van der Waals surface area contributed by atoms with E-state index >= 15 is 0 Å². The third-order valence-corrected chi connectivity index (χ3v) is 2.94. The van der Waals surface area contributed by atoms with Crippen LogP contribution in [0.25, 0.3) is 11.0 Å². The molecule has 3 N–H and O–H groups in total. The number of aromatic nitrogens is 2. The highest BCUT2D eigenvalue weighted by Crippen LogP contribution is 2.21. The lowest BCUT2D eigenvalue weighted by atomic mass is 10.2. The van der Waals surface area contributed by atoms with E-state index in [-0.39, 0.29) is 0 Å². The average molecular weight is 238 g/mol. The first-order valence-electron chi connectivity index (χ1n) is 5.64. The van der Waals surface area contributed by atoms with Gasteiger partial charge in [-0.1, -0.05) is 24.1 Å². The number of H-pyrrole nitrogens is 1. The Labute approximate surface area is 100 Å². The van der Waals surface area contributed by atoms with Crippen LogP contribution in [0.15, 0.2) is 18.2 Å². The number of aromatic amines is 1. The number of imidazole rings is 1. The normalized spacial score (nSPS) is 11.1. The van der Waals surface area contributed by atoms with Crippen LogP contribution < -0.4 is 5.73 Å². The van der Waals surface area contributed by atoms with Gasteiger partial charge in [0.1, 0.15) is 11.3 Å². The first-order valence-corrected chi connectivity index (χ1v) is 6.02. The van der Waals surface area contributed by atoms with Crippen LogP contribution in [0.1, 0.15) is 25.1 Å². The summed E-state index contributed by atoms with van der Waals surface area (Å²) < 4.78 is 0. The summed E-state index contributed by atoms with van der Waals surface area (Å²) in [5.74, 6) is 1.01. The van der Waals surface area contributed by atoms with E-state index in [2.05, 4.69) is 9.97 Å². The van der Waals surface area contributed by atoms with Crippen LogP contribution in [-0.4, -0.2) is 16.5 Å². The van der Waals surface area contributed by atoms with Gasteiger partial charge < -0.3 is 10.7 Å². The highest BCUT2D eigenvalue weighted by molar-refractivity contribution is 6.34. The maximum Gasteiger partial charge on any atom is 0.107 e. The maximum absolute atomic E-state index is 6.06. The van der Waals surface area contributed by atoms with Gasteiger partial charge in [0.2, 0.25) is 0 Å². The van der Waals surface area contributed by atoms with Crippen molar-refractivity contribution in [2.24, 2.45) is 5.73 Å². The van der Waals surface area contributed by atoms with Crippen molar-refractivity contribution >= 4 is 22.6 Å². The summed E-state index contributed by atoms with van der Waals surface area (Å²) in [4.78, 5) is 7.78. The number of rotatable bonds is 5. The number of para-hydroxylation sites is 1. The number of hydrogen-bond acceptors (Lipinski definition) is 2. The topological polar surface area (TPSA) is 54.7 Å². The van der Waals surface area contributed by atoms with Gasteiger partial charge in [0.25, 0.3) is 0 Å². The van der Waals surface area contributed by atoms with Crippen molar-refractivity contribution in [2.75, 3.05) is 6.54 Å². The van der Waals surface area contributed by atoms with Crippen LogP contribution in [0.4, 0.5) is 0 Å². The fraction of sp³-hybridized carbons (Fsp3) is 0.417. The number of unbranched alkanes of at least 4 members (excludes halogenated alkanes) is 2. The molecule has 0 saturated carbocycles. The second kappa shape index (κ2) is 5.32. The average Bonchev–Trinajstić information content (AvgIpc) is 2.69. The summed E-state index contributed by atoms with van der Waals surface area (Å²) >= 11 is 6.06. The number of hydrogen-bond donors (Lipinski definition) is 2. The standard InChI is InChI=1S/C12H16ClN3/c13-9-5-4-6-10-12(9)16-11(15-10)7-2-1-3-8-14/h4-6H,1-3,7-8,14H2,(H,15,16). The maximum atomic E-state index is 6.06. The zero-order chi connectivity index (χ0) is 11.4. The van der Waals surface area contributed by atoms with Crippen LogP contribution in [0.3, 0.4) is 0 Å². The zero-order valence-electron chi connectivity index (χ0n) is 9.17. The highest BCUT2D eigenvalue weighted by Gasteiger charge is 2.05. The SMILES string of the molecule is NCCCCCc1nc2c(Cl)cccc2[nH]1. The molecule has 1 aromatic carbocycles. The second-order valence-corrected chi connectivity index (χ2v) is 4.33. The summed E-state index contributed by atoms with van der Waals surface area (Å²) in [6.07, 6.45) is 4.32. The van der Waals surface area contributed by atoms with E-state index in [9.17, 15) is 0 Å². The molecule has 1 heterocycles. The van der Waals surface area contributed by atoms with Gasteiger partial charge in [0.05, 0.1) is 10.5 Å². The van der Waals surface area contributed by atoms with E-state index in [1.165, 1.54) is 0 Å². The number of aryl methyl sites for hydroxylation is 1. The molecule has 86 valence electrons. The number of nitrogens with zero attached hydrogens (tertiary/aromatic N) is 1. The minimum atomic E-state index is 0.710. The van der Waals surface area contributed by atoms with Crippen LogP contribution in [0, 0.1) is 0 Å². The van der Waals surface area contributed by atoms with Crippen LogP contribution >= 0.6 is 11.6 Å². The molecule has 0 bridgehead atoms. The molecule has 0 spiro atoms. The largest absolute Gasteiger partial charge is 0.342 e. The molecule has 0 aliphatic carbocycles. The van der Waals surface area contributed by atoms with Gasteiger partial charge in [-0.2, -0.15) is 0 Å². The van der Waals surface area contributed by atoms with Crippen LogP contribution in [-0.2, 0) is 6.42 Å². The van der Waals surface area contributed by atoms with Gasteiger partial charge in [-0.15, -0.1) is 0 Å². The fourth-order valence-electron chi connectivity index (χ4n) is 1.78. The highest BCUT2D eigenvalue weighted by atomic mass is 35.5. The molecule has 0 amide bonds. The van der Waals surface area contributed by atoms with Gasteiger partial charge in [-0.05, 0) is 31.5 Å². The summed E-state index contributed by atoms with van der Waals surface area (Å²) in [7, 11) is 0. The third kappa shape index (κ3) is 2.54. The van der Waals surface area contributed by atoms with Crippen molar-refractivity contribution in [2.45, 2.75) is 25.7 Å². The molecule has 0 aliphatic rings. The molecule has 3 nitrogen and oxygen atoms in total. The van der Waals surface area contributed by atoms with Crippen molar-refractivity contribution in [3.63, 3.8) is 0 Å². The molecule has 0 fully saturated rings. The number of fused-ring (bicyclic) bond motifs is 1. The molecule has 4 heteroatoms. The van der Waals surface area contributed by atoms with E-state index in [4.69, 9.17) is 17.3 Å². The monoisotopic (exact) mass is 237 g/mol. The smallest absolute Gasteiger partial charge is 0.107 e. The van der Waals surface area contributed by atoms with Crippen molar-refractivity contribution in [3.05, 3.63) is 29.0 Å². The minimum Gasteiger partial charge on any atom is -0.342 e. The second-order valence-electron chi connectivity index (χ2n) is 3.92. The molecule has 0 aliphatic heterocycles. The number of halogens is 1. The minimum absolute atomic E-state index is 0.710. The molecule has 0 saturated heterocycles. The van der Waals surface area contributed by atoms with Crippen molar-refractivity contribution in [1.82, 2.24) is 9.97 Å². The number of nitrogens with one attached hydrogen (secondary N) is 1. The number of nitrogens with two attached hydrogens (primary N) is 1. The fourth-order valence-corrected chi connectivity index (χ4v) is 2.00. The first-order chi connectivity index (χ1) is 7.81. The molecule has 1 aromatic heterocycles. The van der Waals surface area contributed by atoms with E-state index in [1.54, 1.807) is 0 Å². The van der Waals surface area contributed by atoms with Crippen LogP contribution in [0.2, 0.25) is 5.02 Å². The lowest BCUT2D eigenvalue weighted by Crippen LogP contribution is -1.98. The van der Waals surface area contributed by atoms with Gasteiger partial charge in [-0.25, -0.2) is 4.98 Å². The Morgan fingerprint density at radius 2 is 2.12 bits per heavy atom. The van der Waals surface area contributed by atoms with Gasteiger partial charge in [0.15, 0.2) is 0 Å². The van der Waals surface area contributed by atoms with Crippen LogP contribution in [0.5, 0.6) is 0 Å².